The second kappa shape index (κ2) is 6.25. The minimum atomic E-state index is -2.72. The van der Waals surface area contributed by atoms with Crippen molar-refractivity contribution in [2.24, 2.45) is 0 Å². The molecule has 0 bridgehead atoms. The van der Waals surface area contributed by atoms with Crippen LogP contribution < -0.4 is 4.74 Å². The van der Waals surface area contributed by atoms with Gasteiger partial charge in [-0.2, -0.15) is 0 Å². The van der Waals surface area contributed by atoms with Crippen molar-refractivity contribution >= 4 is 5.78 Å². The molecule has 2 aromatic rings. The molecule has 0 unspecified atom stereocenters. The van der Waals surface area contributed by atoms with Gasteiger partial charge >= 0.3 is 0 Å². The molecule has 0 heterocycles. The Morgan fingerprint density at radius 1 is 1.16 bits per heavy atom. The molecule has 0 amide bonds. The molecule has 0 atom stereocenters. The number of hydrogen-bond acceptors (Lipinski definition) is 2. The van der Waals surface area contributed by atoms with Crippen molar-refractivity contribution in [2.45, 2.75) is 51.4 Å². The molecule has 3 rings (SSSR count). The lowest BCUT2D eigenvalue weighted by Gasteiger charge is -2.24. The number of halogens is 2. The van der Waals surface area contributed by atoms with Gasteiger partial charge in [-0.25, -0.2) is 8.78 Å². The summed E-state index contributed by atoms with van der Waals surface area (Å²) in [6.07, 6.45) is 1.50. The molecule has 1 saturated carbocycles. The molecule has 1 aliphatic rings. The first kappa shape index (κ1) is 17.6. The first-order valence-corrected chi connectivity index (χ1v) is 8.57. The molecule has 132 valence electrons. The van der Waals surface area contributed by atoms with Gasteiger partial charge < -0.3 is 4.74 Å². The standard InChI is InChI=1S/C21H22F2O2/c1-4-18(24)15-5-8-17(9-6-15)25-19-10-7-16(13-14(19)2)21(11-12-21)20(3,22)23/h5-10,13H,4,11-12H2,1-3H3. The number of aryl methyl sites for hydroxylation is 1. The first-order chi connectivity index (χ1) is 11.8. The molecule has 0 aliphatic heterocycles. The summed E-state index contributed by atoms with van der Waals surface area (Å²) in [6, 6.07) is 12.3. The highest BCUT2D eigenvalue weighted by molar-refractivity contribution is 5.95. The number of carbonyl (C=O) groups excluding carboxylic acids is 1. The van der Waals surface area contributed by atoms with Crippen molar-refractivity contribution in [3.63, 3.8) is 0 Å². The lowest BCUT2D eigenvalue weighted by molar-refractivity contribution is -0.0200. The van der Waals surface area contributed by atoms with Crippen LogP contribution >= 0.6 is 0 Å². The zero-order valence-corrected chi connectivity index (χ0v) is 14.7. The van der Waals surface area contributed by atoms with Gasteiger partial charge in [0.05, 0.1) is 5.41 Å². The maximum atomic E-state index is 13.9. The molecule has 2 nitrogen and oxygen atoms in total. The molecule has 0 saturated heterocycles. The van der Waals surface area contributed by atoms with E-state index in [9.17, 15) is 13.6 Å². The SMILES string of the molecule is CCC(=O)c1ccc(Oc2ccc(C3(C(C)(F)F)CC3)cc2C)cc1. The molecule has 2 aromatic carbocycles. The van der Waals surface area contributed by atoms with E-state index in [1.165, 1.54) is 0 Å². The second-order valence-corrected chi connectivity index (χ2v) is 6.85. The van der Waals surface area contributed by atoms with E-state index < -0.39 is 11.3 Å². The minimum Gasteiger partial charge on any atom is -0.457 e. The fourth-order valence-electron chi connectivity index (χ4n) is 3.21. The zero-order chi connectivity index (χ0) is 18.2. The van der Waals surface area contributed by atoms with Crippen molar-refractivity contribution < 1.29 is 18.3 Å². The van der Waals surface area contributed by atoms with Crippen molar-refractivity contribution in [3.8, 4) is 11.5 Å². The van der Waals surface area contributed by atoms with Gasteiger partial charge in [-0.05, 0) is 61.2 Å². The number of ether oxygens (including phenoxy) is 1. The molecule has 1 fully saturated rings. The predicted molar refractivity (Wildman–Crippen MR) is 93.8 cm³/mol. The summed E-state index contributed by atoms with van der Waals surface area (Å²) in [7, 11) is 0. The van der Waals surface area contributed by atoms with Crippen molar-refractivity contribution in [3.05, 3.63) is 59.2 Å². The normalized spacial score (nSPS) is 15.7. The average Bonchev–Trinajstić information content (AvgIpc) is 3.38. The molecule has 0 spiro atoms. The second-order valence-electron chi connectivity index (χ2n) is 6.85. The zero-order valence-electron chi connectivity index (χ0n) is 14.7. The monoisotopic (exact) mass is 344 g/mol. The number of Topliss-reactive ketones (excluding diaryl/α,β-unsaturated/α-hetero) is 1. The summed E-state index contributed by atoms with van der Waals surface area (Å²) in [6.45, 7) is 4.68. The fraction of sp³-hybridized carbons (Fsp3) is 0.381. The van der Waals surface area contributed by atoms with E-state index in [0.717, 1.165) is 12.5 Å². The third-order valence-electron chi connectivity index (χ3n) is 5.04. The quantitative estimate of drug-likeness (QED) is 0.595. The fourth-order valence-corrected chi connectivity index (χ4v) is 3.21. The third kappa shape index (κ3) is 3.30. The summed E-state index contributed by atoms with van der Waals surface area (Å²) in [5.74, 6) is -1.38. The van der Waals surface area contributed by atoms with E-state index in [0.29, 0.717) is 41.9 Å². The number of hydrogen-bond donors (Lipinski definition) is 0. The summed E-state index contributed by atoms with van der Waals surface area (Å²) in [5.41, 5.74) is 1.14. The van der Waals surface area contributed by atoms with Crippen LogP contribution in [-0.2, 0) is 5.41 Å². The Morgan fingerprint density at radius 3 is 2.28 bits per heavy atom. The predicted octanol–water partition coefficient (Wildman–Crippen LogP) is 6.07. The van der Waals surface area contributed by atoms with E-state index in [1.54, 1.807) is 42.5 Å². The Kier molecular flexibility index (Phi) is 4.40. The van der Waals surface area contributed by atoms with Gasteiger partial charge in [0, 0.05) is 18.9 Å². The van der Waals surface area contributed by atoms with Gasteiger partial charge in [0.2, 0.25) is 0 Å². The lowest BCUT2D eigenvalue weighted by Crippen LogP contribution is -2.30. The number of alkyl halides is 2. The summed E-state index contributed by atoms with van der Waals surface area (Å²) < 4.78 is 33.7. The molecule has 4 heteroatoms. The van der Waals surface area contributed by atoms with Gasteiger partial charge in [-0.15, -0.1) is 0 Å². The van der Waals surface area contributed by atoms with Crippen molar-refractivity contribution in [1.82, 2.24) is 0 Å². The highest BCUT2D eigenvalue weighted by atomic mass is 19.3. The summed E-state index contributed by atoms with van der Waals surface area (Å²) in [5, 5.41) is 0. The smallest absolute Gasteiger partial charge is 0.254 e. The maximum Gasteiger partial charge on any atom is 0.254 e. The van der Waals surface area contributed by atoms with Crippen LogP contribution in [0.3, 0.4) is 0 Å². The molecule has 0 aromatic heterocycles. The summed E-state index contributed by atoms with van der Waals surface area (Å²) in [4.78, 5) is 11.7. The Labute approximate surface area is 146 Å². The van der Waals surface area contributed by atoms with Crippen LogP contribution in [0, 0.1) is 6.92 Å². The van der Waals surface area contributed by atoms with Gasteiger partial charge in [-0.1, -0.05) is 19.1 Å². The molecule has 25 heavy (non-hydrogen) atoms. The minimum absolute atomic E-state index is 0.0855. The Hall–Kier alpha value is -2.23. The van der Waals surface area contributed by atoms with Gasteiger partial charge in [0.1, 0.15) is 11.5 Å². The highest BCUT2D eigenvalue weighted by Gasteiger charge is 2.60. The Morgan fingerprint density at radius 2 is 1.80 bits per heavy atom. The molecule has 0 radical (unpaired) electrons. The number of ketones is 1. The molecular formula is C21H22F2O2. The highest BCUT2D eigenvalue weighted by Crippen LogP contribution is 2.58. The molecular weight excluding hydrogens is 322 g/mol. The number of benzene rings is 2. The summed E-state index contributed by atoms with van der Waals surface area (Å²) >= 11 is 0. The average molecular weight is 344 g/mol. The molecule has 0 N–H and O–H groups in total. The van der Waals surface area contributed by atoms with Crippen LogP contribution in [0.4, 0.5) is 8.78 Å². The van der Waals surface area contributed by atoms with Gasteiger partial charge in [0.15, 0.2) is 5.78 Å². The van der Waals surface area contributed by atoms with E-state index in [2.05, 4.69) is 0 Å². The number of carbonyl (C=O) groups is 1. The molecule has 1 aliphatic carbocycles. The van der Waals surface area contributed by atoms with Crippen LogP contribution in [0.15, 0.2) is 42.5 Å². The van der Waals surface area contributed by atoms with Crippen molar-refractivity contribution in [1.29, 1.82) is 0 Å². The Bertz CT molecular complexity index is 785. The van der Waals surface area contributed by atoms with Crippen LogP contribution in [0.5, 0.6) is 11.5 Å². The van der Waals surface area contributed by atoms with Gasteiger partial charge in [0.25, 0.3) is 5.92 Å². The van der Waals surface area contributed by atoms with Crippen LogP contribution in [0.25, 0.3) is 0 Å². The number of rotatable bonds is 6. The third-order valence-corrected chi connectivity index (χ3v) is 5.04. The van der Waals surface area contributed by atoms with E-state index in [-0.39, 0.29) is 5.78 Å². The van der Waals surface area contributed by atoms with Crippen LogP contribution in [0.2, 0.25) is 0 Å². The van der Waals surface area contributed by atoms with Crippen molar-refractivity contribution in [2.75, 3.05) is 0 Å². The van der Waals surface area contributed by atoms with E-state index in [4.69, 9.17) is 4.74 Å². The lowest BCUT2D eigenvalue weighted by atomic mass is 9.89. The maximum absolute atomic E-state index is 13.9. The van der Waals surface area contributed by atoms with E-state index >= 15 is 0 Å². The van der Waals surface area contributed by atoms with Crippen LogP contribution in [-0.4, -0.2) is 11.7 Å². The van der Waals surface area contributed by atoms with Crippen LogP contribution in [0.1, 0.15) is 54.6 Å². The topological polar surface area (TPSA) is 26.3 Å². The Balaban J connectivity index is 1.79. The first-order valence-electron chi connectivity index (χ1n) is 8.57. The van der Waals surface area contributed by atoms with Gasteiger partial charge in [-0.3, -0.25) is 4.79 Å². The van der Waals surface area contributed by atoms with E-state index in [1.807, 2.05) is 13.8 Å². The largest absolute Gasteiger partial charge is 0.457 e.